The Morgan fingerprint density at radius 1 is 1.31 bits per heavy atom. The Morgan fingerprint density at radius 3 is 2.88 bits per heavy atom. The van der Waals surface area contributed by atoms with Gasteiger partial charge in [0.05, 0.1) is 12.2 Å². The number of hydrogen-bond acceptors (Lipinski definition) is 3. The van der Waals surface area contributed by atoms with Crippen LogP contribution < -0.4 is 5.32 Å². The van der Waals surface area contributed by atoms with E-state index in [0.717, 1.165) is 17.1 Å². The first-order chi connectivity index (χ1) is 7.74. The third kappa shape index (κ3) is 2.94. The molecule has 1 N–H and O–H groups in total. The van der Waals surface area contributed by atoms with Crippen molar-refractivity contribution in [2.75, 3.05) is 5.32 Å². The van der Waals surface area contributed by atoms with E-state index in [1.54, 1.807) is 6.20 Å². The van der Waals surface area contributed by atoms with Crippen LogP contribution in [0.2, 0.25) is 5.15 Å². The van der Waals surface area contributed by atoms with Crippen LogP contribution in [0.4, 0.5) is 5.82 Å². The number of pyridine rings is 2. The van der Waals surface area contributed by atoms with E-state index in [2.05, 4.69) is 15.3 Å². The number of halogens is 1. The molecule has 0 unspecified atom stereocenters. The van der Waals surface area contributed by atoms with Gasteiger partial charge in [-0.05, 0) is 36.8 Å². The zero-order valence-corrected chi connectivity index (χ0v) is 9.70. The summed E-state index contributed by atoms with van der Waals surface area (Å²) >= 11 is 5.87. The van der Waals surface area contributed by atoms with Crippen molar-refractivity contribution in [2.24, 2.45) is 0 Å². The topological polar surface area (TPSA) is 37.8 Å². The maximum Gasteiger partial charge on any atom is 0.131 e. The second kappa shape index (κ2) is 4.94. The normalized spacial score (nSPS) is 10.1. The molecule has 0 fully saturated rings. The number of aromatic nitrogens is 2. The van der Waals surface area contributed by atoms with Gasteiger partial charge in [-0.2, -0.15) is 0 Å². The second-order valence-electron chi connectivity index (χ2n) is 3.53. The standard InChI is InChI=1S/C12H12ClN3/c1-9-6-11(13)16-12(7-9)15-8-10-4-2-3-5-14-10/h2-7H,8H2,1H3,(H,15,16). The summed E-state index contributed by atoms with van der Waals surface area (Å²) in [5.41, 5.74) is 2.06. The second-order valence-corrected chi connectivity index (χ2v) is 3.91. The number of nitrogens with one attached hydrogen (secondary N) is 1. The van der Waals surface area contributed by atoms with E-state index in [-0.39, 0.29) is 0 Å². The smallest absolute Gasteiger partial charge is 0.131 e. The molecule has 2 heterocycles. The highest BCUT2D eigenvalue weighted by molar-refractivity contribution is 6.29. The van der Waals surface area contributed by atoms with Crippen LogP contribution in [0.3, 0.4) is 0 Å². The first-order valence-corrected chi connectivity index (χ1v) is 5.40. The number of rotatable bonds is 3. The Morgan fingerprint density at radius 2 is 2.19 bits per heavy atom. The summed E-state index contributed by atoms with van der Waals surface area (Å²) in [6, 6.07) is 9.60. The highest BCUT2D eigenvalue weighted by Crippen LogP contribution is 2.14. The number of aryl methyl sites for hydroxylation is 1. The molecule has 0 aliphatic carbocycles. The van der Waals surface area contributed by atoms with Crippen LogP contribution in [0, 0.1) is 6.92 Å². The predicted molar refractivity (Wildman–Crippen MR) is 65.5 cm³/mol. The summed E-state index contributed by atoms with van der Waals surface area (Å²) in [6.07, 6.45) is 1.77. The number of nitrogens with zero attached hydrogens (tertiary/aromatic N) is 2. The zero-order chi connectivity index (χ0) is 11.4. The summed E-state index contributed by atoms with van der Waals surface area (Å²) in [6.45, 7) is 2.63. The van der Waals surface area contributed by atoms with Crippen molar-refractivity contribution in [1.29, 1.82) is 0 Å². The lowest BCUT2D eigenvalue weighted by molar-refractivity contribution is 1.03. The van der Waals surface area contributed by atoms with Gasteiger partial charge in [-0.1, -0.05) is 17.7 Å². The molecule has 0 spiro atoms. The van der Waals surface area contributed by atoms with Crippen LogP contribution in [-0.4, -0.2) is 9.97 Å². The van der Waals surface area contributed by atoms with Gasteiger partial charge in [0.25, 0.3) is 0 Å². The third-order valence-electron chi connectivity index (χ3n) is 2.12. The van der Waals surface area contributed by atoms with Crippen molar-refractivity contribution in [1.82, 2.24) is 9.97 Å². The molecule has 0 atom stereocenters. The molecule has 2 aromatic rings. The average Bonchev–Trinajstić information content (AvgIpc) is 2.27. The van der Waals surface area contributed by atoms with Crippen molar-refractivity contribution in [3.05, 3.63) is 52.9 Å². The van der Waals surface area contributed by atoms with E-state index in [4.69, 9.17) is 11.6 Å². The molecule has 2 rings (SSSR count). The lowest BCUT2D eigenvalue weighted by atomic mass is 10.3. The van der Waals surface area contributed by atoms with Gasteiger partial charge >= 0.3 is 0 Å². The van der Waals surface area contributed by atoms with Gasteiger partial charge in [0.2, 0.25) is 0 Å². The molecule has 3 nitrogen and oxygen atoms in total. The molecule has 82 valence electrons. The van der Waals surface area contributed by atoms with Crippen LogP contribution in [0.25, 0.3) is 0 Å². The first-order valence-electron chi connectivity index (χ1n) is 5.02. The molecule has 0 aliphatic rings. The largest absolute Gasteiger partial charge is 0.364 e. The fourth-order valence-electron chi connectivity index (χ4n) is 1.40. The third-order valence-corrected chi connectivity index (χ3v) is 2.31. The van der Waals surface area contributed by atoms with E-state index < -0.39 is 0 Å². The van der Waals surface area contributed by atoms with Crippen molar-refractivity contribution >= 4 is 17.4 Å². The molecule has 0 aromatic carbocycles. The van der Waals surface area contributed by atoms with E-state index in [1.807, 2.05) is 37.3 Å². The maximum atomic E-state index is 5.87. The van der Waals surface area contributed by atoms with E-state index >= 15 is 0 Å². The van der Waals surface area contributed by atoms with Crippen molar-refractivity contribution < 1.29 is 0 Å². The van der Waals surface area contributed by atoms with Gasteiger partial charge in [0.1, 0.15) is 11.0 Å². The maximum absolute atomic E-state index is 5.87. The summed E-state index contributed by atoms with van der Waals surface area (Å²) in [7, 11) is 0. The molecule has 4 heteroatoms. The van der Waals surface area contributed by atoms with Crippen LogP contribution in [0.5, 0.6) is 0 Å². The monoisotopic (exact) mass is 233 g/mol. The quantitative estimate of drug-likeness (QED) is 0.828. The summed E-state index contributed by atoms with van der Waals surface area (Å²) < 4.78 is 0. The van der Waals surface area contributed by atoms with Crippen LogP contribution >= 0.6 is 11.6 Å². The van der Waals surface area contributed by atoms with Crippen LogP contribution in [0.1, 0.15) is 11.3 Å². The van der Waals surface area contributed by atoms with Crippen molar-refractivity contribution in [2.45, 2.75) is 13.5 Å². The van der Waals surface area contributed by atoms with Crippen molar-refractivity contribution in [3.63, 3.8) is 0 Å². The minimum Gasteiger partial charge on any atom is -0.364 e. The van der Waals surface area contributed by atoms with Crippen molar-refractivity contribution in [3.8, 4) is 0 Å². The zero-order valence-electron chi connectivity index (χ0n) is 8.94. The summed E-state index contributed by atoms with van der Waals surface area (Å²) in [5, 5.41) is 3.69. The van der Waals surface area contributed by atoms with E-state index in [1.165, 1.54) is 0 Å². The Balaban J connectivity index is 2.05. The van der Waals surface area contributed by atoms with Gasteiger partial charge in [-0.25, -0.2) is 4.98 Å². The highest BCUT2D eigenvalue weighted by Gasteiger charge is 1.98. The minimum absolute atomic E-state index is 0.503. The Bertz CT molecular complexity index is 451. The van der Waals surface area contributed by atoms with Gasteiger partial charge in [-0.3, -0.25) is 4.98 Å². The molecule has 2 aromatic heterocycles. The molecular weight excluding hydrogens is 222 g/mol. The molecule has 16 heavy (non-hydrogen) atoms. The minimum atomic E-state index is 0.503. The highest BCUT2D eigenvalue weighted by atomic mass is 35.5. The van der Waals surface area contributed by atoms with Gasteiger partial charge in [0.15, 0.2) is 0 Å². The Labute approximate surface area is 99.5 Å². The average molecular weight is 234 g/mol. The van der Waals surface area contributed by atoms with Gasteiger partial charge < -0.3 is 5.32 Å². The SMILES string of the molecule is Cc1cc(Cl)nc(NCc2ccccn2)c1. The summed E-state index contributed by atoms with van der Waals surface area (Å²) in [5.74, 6) is 0.774. The summed E-state index contributed by atoms with van der Waals surface area (Å²) in [4.78, 5) is 8.39. The Kier molecular flexibility index (Phi) is 3.37. The lowest BCUT2D eigenvalue weighted by Gasteiger charge is -2.06. The molecule has 0 amide bonds. The number of anilines is 1. The fraction of sp³-hybridized carbons (Fsp3) is 0.167. The number of hydrogen-bond donors (Lipinski definition) is 1. The lowest BCUT2D eigenvalue weighted by Crippen LogP contribution is -2.03. The molecule has 0 saturated heterocycles. The predicted octanol–water partition coefficient (Wildman–Crippen LogP) is 3.05. The molecule has 0 bridgehead atoms. The fourth-order valence-corrected chi connectivity index (χ4v) is 1.66. The van der Waals surface area contributed by atoms with Crippen LogP contribution in [0.15, 0.2) is 36.5 Å². The molecular formula is C12H12ClN3. The van der Waals surface area contributed by atoms with Crippen LogP contribution in [-0.2, 0) is 6.54 Å². The first kappa shape index (κ1) is 10.9. The van der Waals surface area contributed by atoms with Gasteiger partial charge in [-0.15, -0.1) is 0 Å². The molecule has 0 radical (unpaired) electrons. The molecule has 0 aliphatic heterocycles. The van der Waals surface area contributed by atoms with E-state index in [9.17, 15) is 0 Å². The molecule has 0 saturated carbocycles. The Hall–Kier alpha value is -1.61. The van der Waals surface area contributed by atoms with E-state index in [0.29, 0.717) is 11.7 Å². The van der Waals surface area contributed by atoms with Gasteiger partial charge in [0, 0.05) is 6.20 Å².